The number of hydrogen-bond acceptors (Lipinski definition) is 2. The van der Waals surface area contributed by atoms with Crippen molar-refractivity contribution < 1.29 is 9.53 Å². The summed E-state index contributed by atoms with van der Waals surface area (Å²) >= 11 is 0. The van der Waals surface area contributed by atoms with Gasteiger partial charge >= 0.3 is 0 Å². The number of ether oxygens (including phenoxy) is 1. The molecule has 1 aromatic rings. The van der Waals surface area contributed by atoms with Crippen molar-refractivity contribution in [1.82, 2.24) is 0 Å². The fourth-order valence-corrected chi connectivity index (χ4v) is 1.94. The van der Waals surface area contributed by atoms with Gasteiger partial charge in [-0.05, 0) is 31.0 Å². The Hall–Kier alpha value is -1.51. The topological polar surface area (TPSA) is 38.3 Å². The second-order valence-corrected chi connectivity index (χ2v) is 4.26. The summed E-state index contributed by atoms with van der Waals surface area (Å²) in [5.74, 6) is 0.804. The number of aryl methyl sites for hydroxylation is 1. The van der Waals surface area contributed by atoms with E-state index in [0.29, 0.717) is 6.42 Å². The van der Waals surface area contributed by atoms with Gasteiger partial charge in [0.1, 0.15) is 11.9 Å². The molecule has 0 saturated heterocycles. The van der Waals surface area contributed by atoms with Gasteiger partial charge in [0.2, 0.25) is 5.91 Å². The Labute approximate surface area is 95.8 Å². The van der Waals surface area contributed by atoms with Crippen LogP contribution >= 0.6 is 0 Å². The number of hydrogen-bond donors (Lipinski definition) is 1. The molecule has 3 nitrogen and oxygen atoms in total. The third-order valence-corrected chi connectivity index (χ3v) is 2.66. The summed E-state index contributed by atoms with van der Waals surface area (Å²) in [6, 6.07) is 6.02. The first kappa shape index (κ1) is 11.0. The van der Waals surface area contributed by atoms with Crippen LogP contribution in [0.15, 0.2) is 18.2 Å². The number of benzene rings is 1. The summed E-state index contributed by atoms with van der Waals surface area (Å²) in [5.41, 5.74) is 2.04. The Morgan fingerprint density at radius 3 is 3.06 bits per heavy atom. The monoisotopic (exact) mass is 219 g/mol. The van der Waals surface area contributed by atoms with Gasteiger partial charge in [-0.25, -0.2) is 0 Å². The van der Waals surface area contributed by atoms with Crippen molar-refractivity contribution in [3.8, 4) is 5.75 Å². The average Bonchev–Trinajstić information content (AvgIpc) is 2.35. The van der Waals surface area contributed by atoms with Crippen molar-refractivity contribution >= 4 is 11.6 Å². The molecule has 0 fully saturated rings. The average molecular weight is 219 g/mol. The summed E-state index contributed by atoms with van der Waals surface area (Å²) < 4.78 is 5.68. The maximum atomic E-state index is 11.5. The standard InChI is InChI=1S/C13H17NO2/c1-3-4-10-5-6-12-11(8-10)14-13(15)7-9(2)16-12/h5-6,8-9H,3-4,7H2,1-2H3,(H,14,15). The predicted molar refractivity (Wildman–Crippen MR) is 63.8 cm³/mol. The number of fused-ring (bicyclic) bond motifs is 1. The van der Waals surface area contributed by atoms with Crippen LogP contribution in [0.3, 0.4) is 0 Å². The van der Waals surface area contributed by atoms with Crippen LogP contribution < -0.4 is 10.1 Å². The molecule has 2 rings (SSSR count). The molecule has 0 radical (unpaired) electrons. The summed E-state index contributed by atoms with van der Waals surface area (Å²) in [5, 5.41) is 2.89. The molecule has 0 bridgehead atoms. The van der Waals surface area contributed by atoms with Crippen LogP contribution in [0, 0.1) is 0 Å². The van der Waals surface area contributed by atoms with Crippen molar-refractivity contribution in [2.45, 2.75) is 39.2 Å². The Kier molecular flexibility index (Phi) is 3.13. The highest BCUT2D eigenvalue weighted by atomic mass is 16.5. The second-order valence-electron chi connectivity index (χ2n) is 4.26. The Morgan fingerprint density at radius 1 is 1.50 bits per heavy atom. The molecule has 0 saturated carbocycles. The first-order valence-electron chi connectivity index (χ1n) is 5.78. The number of nitrogens with one attached hydrogen (secondary N) is 1. The zero-order chi connectivity index (χ0) is 11.5. The third-order valence-electron chi connectivity index (χ3n) is 2.66. The lowest BCUT2D eigenvalue weighted by molar-refractivity contribution is -0.117. The number of amides is 1. The highest BCUT2D eigenvalue weighted by molar-refractivity contribution is 5.93. The summed E-state index contributed by atoms with van der Waals surface area (Å²) in [6.45, 7) is 4.05. The van der Waals surface area contributed by atoms with E-state index in [1.54, 1.807) is 0 Å². The highest BCUT2D eigenvalue weighted by Crippen LogP contribution is 2.30. The van der Waals surface area contributed by atoms with E-state index in [2.05, 4.69) is 18.3 Å². The normalized spacial score (nSPS) is 19.4. The van der Waals surface area contributed by atoms with E-state index in [4.69, 9.17) is 4.74 Å². The number of carbonyl (C=O) groups excluding carboxylic acids is 1. The molecule has 1 aliphatic rings. The van der Waals surface area contributed by atoms with Crippen molar-refractivity contribution in [2.24, 2.45) is 0 Å². The van der Waals surface area contributed by atoms with Gasteiger partial charge in [-0.3, -0.25) is 4.79 Å². The molecular weight excluding hydrogens is 202 g/mol. The minimum Gasteiger partial charge on any atom is -0.488 e. The third kappa shape index (κ3) is 2.35. The van der Waals surface area contributed by atoms with Crippen LogP contribution in [0.25, 0.3) is 0 Å². The first-order valence-corrected chi connectivity index (χ1v) is 5.78. The molecule has 0 aliphatic carbocycles. The summed E-state index contributed by atoms with van der Waals surface area (Å²) in [7, 11) is 0. The van der Waals surface area contributed by atoms with Crippen LogP contribution in [0.4, 0.5) is 5.69 Å². The summed E-state index contributed by atoms with van der Waals surface area (Å²) in [4.78, 5) is 11.5. The molecule has 0 spiro atoms. The van der Waals surface area contributed by atoms with E-state index in [0.717, 1.165) is 24.3 Å². The maximum Gasteiger partial charge on any atom is 0.228 e. The summed E-state index contributed by atoms with van der Waals surface area (Å²) in [6.07, 6.45) is 2.48. The van der Waals surface area contributed by atoms with E-state index >= 15 is 0 Å². The fraction of sp³-hybridized carbons (Fsp3) is 0.462. The lowest BCUT2D eigenvalue weighted by atomic mass is 10.1. The van der Waals surface area contributed by atoms with Gasteiger partial charge in [-0.15, -0.1) is 0 Å². The van der Waals surface area contributed by atoms with Gasteiger partial charge in [0.05, 0.1) is 12.1 Å². The molecule has 1 aromatic carbocycles. The van der Waals surface area contributed by atoms with Gasteiger partial charge in [-0.1, -0.05) is 19.4 Å². The van der Waals surface area contributed by atoms with Crippen LogP contribution in [0.1, 0.15) is 32.3 Å². The maximum absolute atomic E-state index is 11.5. The van der Waals surface area contributed by atoms with E-state index in [1.807, 2.05) is 19.1 Å². The van der Waals surface area contributed by atoms with E-state index in [1.165, 1.54) is 5.56 Å². The predicted octanol–water partition coefficient (Wildman–Crippen LogP) is 2.75. The van der Waals surface area contributed by atoms with Gasteiger partial charge < -0.3 is 10.1 Å². The lowest BCUT2D eigenvalue weighted by Crippen LogP contribution is -2.17. The minimum absolute atomic E-state index is 0.0277. The molecule has 1 heterocycles. The molecule has 1 unspecified atom stereocenters. The van der Waals surface area contributed by atoms with Gasteiger partial charge in [0.15, 0.2) is 0 Å². The van der Waals surface area contributed by atoms with E-state index in [9.17, 15) is 4.79 Å². The molecule has 1 aliphatic heterocycles. The second kappa shape index (κ2) is 4.56. The van der Waals surface area contributed by atoms with Gasteiger partial charge in [0, 0.05) is 0 Å². The van der Waals surface area contributed by atoms with Crippen molar-refractivity contribution in [3.05, 3.63) is 23.8 Å². The molecule has 1 atom stereocenters. The number of rotatable bonds is 2. The Balaban J connectivity index is 2.30. The minimum atomic E-state index is -0.0572. The largest absolute Gasteiger partial charge is 0.488 e. The smallest absolute Gasteiger partial charge is 0.228 e. The van der Waals surface area contributed by atoms with Crippen molar-refractivity contribution in [2.75, 3.05) is 5.32 Å². The Bertz CT molecular complexity index is 401. The van der Waals surface area contributed by atoms with Gasteiger partial charge in [0.25, 0.3) is 0 Å². The molecular formula is C13H17NO2. The first-order chi connectivity index (χ1) is 7.69. The van der Waals surface area contributed by atoms with Crippen LogP contribution in [0.2, 0.25) is 0 Å². The molecule has 86 valence electrons. The van der Waals surface area contributed by atoms with Crippen molar-refractivity contribution in [1.29, 1.82) is 0 Å². The molecule has 1 amide bonds. The molecule has 16 heavy (non-hydrogen) atoms. The highest BCUT2D eigenvalue weighted by Gasteiger charge is 2.19. The van der Waals surface area contributed by atoms with Crippen LogP contribution in [0.5, 0.6) is 5.75 Å². The molecule has 3 heteroatoms. The van der Waals surface area contributed by atoms with E-state index in [-0.39, 0.29) is 12.0 Å². The zero-order valence-electron chi connectivity index (χ0n) is 9.75. The Morgan fingerprint density at radius 2 is 2.31 bits per heavy atom. The molecule has 0 aromatic heterocycles. The van der Waals surface area contributed by atoms with E-state index < -0.39 is 0 Å². The fourth-order valence-electron chi connectivity index (χ4n) is 1.94. The number of anilines is 1. The van der Waals surface area contributed by atoms with Gasteiger partial charge in [-0.2, -0.15) is 0 Å². The SMILES string of the molecule is CCCc1ccc2c(c1)NC(=O)CC(C)O2. The zero-order valence-corrected chi connectivity index (χ0v) is 9.75. The lowest BCUT2D eigenvalue weighted by Gasteiger charge is -2.11. The van der Waals surface area contributed by atoms with Crippen LogP contribution in [-0.4, -0.2) is 12.0 Å². The number of carbonyl (C=O) groups is 1. The van der Waals surface area contributed by atoms with Crippen LogP contribution in [-0.2, 0) is 11.2 Å². The molecule has 1 N–H and O–H groups in total. The quantitative estimate of drug-likeness (QED) is 0.830. The van der Waals surface area contributed by atoms with Crippen molar-refractivity contribution in [3.63, 3.8) is 0 Å².